The highest BCUT2D eigenvalue weighted by Gasteiger charge is 2.19. The minimum atomic E-state index is 0.218. The van der Waals surface area contributed by atoms with Crippen LogP contribution in [0.15, 0.2) is 42.7 Å². The lowest BCUT2D eigenvalue weighted by Crippen LogP contribution is -2.26. The average molecular weight is 245 g/mol. The Morgan fingerprint density at radius 2 is 2.00 bits per heavy atom. The second-order valence-electron chi connectivity index (χ2n) is 4.27. The van der Waals surface area contributed by atoms with E-state index in [1.807, 2.05) is 36.1 Å². The Bertz CT molecular complexity index is 464. The molecule has 2 unspecified atom stereocenters. The molecule has 0 bridgehead atoms. The van der Waals surface area contributed by atoms with Crippen LogP contribution in [-0.2, 0) is 0 Å². The molecular weight excluding hydrogens is 226 g/mol. The van der Waals surface area contributed by atoms with E-state index in [9.17, 15) is 0 Å². The molecule has 1 heterocycles. The Labute approximate surface area is 108 Å². The zero-order valence-corrected chi connectivity index (χ0v) is 11.0. The van der Waals surface area contributed by atoms with Gasteiger partial charge in [-0.2, -0.15) is 5.10 Å². The highest BCUT2D eigenvalue weighted by Crippen LogP contribution is 2.26. The first-order valence-electron chi connectivity index (χ1n) is 6.06. The molecule has 0 aliphatic heterocycles. The van der Waals surface area contributed by atoms with E-state index >= 15 is 0 Å². The predicted octanol–water partition coefficient (Wildman–Crippen LogP) is 2.41. The van der Waals surface area contributed by atoms with Crippen molar-refractivity contribution in [3.8, 4) is 5.75 Å². The summed E-state index contributed by atoms with van der Waals surface area (Å²) in [5, 5.41) is 7.64. The maximum atomic E-state index is 5.18. The summed E-state index contributed by atoms with van der Waals surface area (Å²) in [5.74, 6) is 0.875. The topological polar surface area (TPSA) is 39.1 Å². The summed E-state index contributed by atoms with van der Waals surface area (Å²) in [6.45, 7) is 2.15. The lowest BCUT2D eigenvalue weighted by Gasteiger charge is -2.24. The van der Waals surface area contributed by atoms with Crippen molar-refractivity contribution < 1.29 is 4.74 Å². The molecule has 0 spiro atoms. The molecule has 18 heavy (non-hydrogen) atoms. The van der Waals surface area contributed by atoms with Crippen LogP contribution in [0.4, 0.5) is 0 Å². The second kappa shape index (κ2) is 5.69. The minimum absolute atomic E-state index is 0.218. The van der Waals surface area contributed by atoms with Gasteiger partial charge in [-0.05, 0) is 37.7 Å². The van der Waals surface area contributed by atoms with Gasteiger partial charge in [-0.3, -0.25) is 4.68 Å². The van der Waals surface area contributed by atoms with Gasteiger partial charge in [0.1, 0.15) is 5.75 Å². The van der Waals surface area contributed by atoms with E-state index < -0.39 is 0 Å². The Balaban J connectivity index is 2.21. The highest BCUT2D eigenvalue weighted by molar-refractivity contribution is 5.29. The summed E-state index contributed by atoms with van der Waals surface area (Å²) in [6.07, 6.45) is 3.79. The van der Waals surface area contributed by atoms with Gasteiger partial charge in [-0.1, -0.05) is 12.1 Å². The van der Waals surface area contributed by atoms with E-state index in [4.69, 9.17) is 4.74 Å². The van der Waals surface area contributed by atoms with E-state index in [0.717, 1.165) is 5.75 Å². The molecule has 0 amide bonds. The monoisotopic (exact) mass is 245 g/mol. The van der Waals surface area contributed by atoms with Crippen LogP contribution in [0.1, 0.15) is 24.6 Å². The fraction of sp³-hybridized carbons (Fsp3) is 0.357. The van der Waals surface area contributed by atoms with Gasteiger partial charge in [0.2, 0.25) is 0 Å². The van der Waals surface area contributed by atoms with Crippen molar-refractivity contribution in [2.24, 2.45) is 0 Å². The van der Waals surface area contributed by atoms with Crippen LogP contribution < -0.4 is 10.1 Å². The Morgan fingerprint density at radius 3 is 2.50 bits per heavy atom. The molecule has 2 rings (SSSR count). The fourth-order valence-corrected chi connectivity index (χ4v) is 2.17. The number of benzene rings is 1. The van der Waals surface area contributed by atoms with Crippen molar-refractivity contribution >= 4 is 0 Å². The summed E-state index contributed by atoms with van der Waals surface area (Å²) in [4.78, 5) is 0. The third-order valence-electron chi connectivity index (χ3n) is 3.21. The van der Waals surface area contributed by atoms with Crippen molar-refractivity contribution in [2.75, 3.05) is 14.2 Å². The molecule has 0 fully saturated rings. The summed E-state index contributed by atoms with van der Waals surface area (Å²) in [6, 6.07) is 10.5. The van der Waals surface area contributed by atoms with E-state index in [-0.39, 0.29) is 12.1 Å². The third-order valence-corrected chi connectivity index (χ3v) is 3.21. The number of aromatic nitrogens is 2. The normalized spacial score (nSPS) is 14.2. The number of rotatable bonds is 5. The first kappa shape index (κ1) is 12.6. The predicted molar refractivity (Wildman–Crippen MR) is 71.7 cm³/mol. The highest BCUT2D eigenvalue weighted by atomic mass is 16.5. The van der Waals surface area contributed by atoms with E-state index in [1.54, 1.807) is 13.3 Å². The average Bonchev–Trinajstić information content (AvgIpc) is 2.94. The van der Waals surface area contributed by atoms with Gasteiger partial charge >= 0.3 is 0 Å². The van der Waals surface area contributed by atoms with Crippen LogP contribution in [0.5, 0.6) is 5.75 Å². The Kier molecular flexibility index (Phi) is 3.99. The second-order valence-corrected chi connectivity index (χ2v) is 4.27. The van der Waals surface area contributed by atoms with Crippen molar-refractivity contribution in [3.63, 3.8) is 0 Å². The summed E-state index contributed by atoms with van der Waals surface area (Å²) in [7, 11) is 3.64. The maximum absolute atomic E-state index is 5.18. The van der Waals surface area contributed by atoms with Crippen LogP contribution in [-0.4, -0.2) is 23.9 Å². The van der Waals surface area contributed by atoms with Crippen LogP contribution in [0.25, 0.3) is 0 Å². The fourth-order valence-electron chi connectivity index (χ4n) is 2.17. The van der Waals surface area contributed by atoms with Crippen molar-refractivity contribution in [3.05, 3.63) is 48.3 Å². The zero-order valence-electron chi connectivity index (χ0n) is 11.0. The van der Waals surface area contributed by atoms with Gasteiger partial charge in [0.05, 0.1) is 19.2 Å². The van der Waals surface area contributed by atoms with E-state index in [0.29, 0.717) is 0 Å². The molecule has 0 saturated heterocycles. The van der Waals surface area contributed by atoms with Crippen molar-refractivity contribution in [2.45, 2.75) is 19.0 Å². The molecule has 0 aliphatic carbocycles. The first-order chi connectivity index (χ1) is 8.76. The molecule has 2 aromatic rings. The quantitative estimate of drug-likeness (QED) is 0.879. The van der Waals surface area contributed by atoms with Crippen molar-refractivity contribution in [1.82, 2.24) is 15.1 Å². The van der Waals surface area contributed by atoms with Gasteiger partial charge < -0.3 is 10.1 Å². The number of hydrogen-bond donors (Lipinski definition) is 1. The molecule has 2 atom stereocenters. The van der Waals surface area contributed by atoms with Gasteiger partial charge in [-0.15, -0.1) is 0 Å². The molecule has 1 aromatic heterocycles. The molecule has 0 aliphatic rings. The van der Waals surface area contributed by atoms with Crippen LogP contribution in [0.3, 0.4) is 0 Å². The first-order valence-corrected chi connectivity index (χ1v) is 6.06. The largest absolute Gasteiger partial charge is 0.497 e. The Morgan fingerprint density at radius 1 is 1.28 bits per heavy atom. The minimum Gasteiger partial charge on any atom is -0.497 e. The smallest absolute Gasteiger partial charge is 0.118 e. The van der Waals surface area contributed by atoms with Crippen LogP contribution in [0, 0.1) is 0 Å². The van der Waals surface area contributed by atoms with Crippen LogP contribution in [0.2, 0.25) is 0 Å². The van der Waals surface area contributed by atoms with Gasteiger partial charge in [0.25, 0.3) is 0 Å². The van der Waals surface area contributed by atoms with Gasteiger partial charge in [0.15, 0.2) is 0 Å². The standard InChI is InChI=1S/C14H19N3O/c1-11(17-10-4-9-16-17)14(15-2)12-5-7-13(18-3)8-6-12/h4-11,14-15H,1-3H3. The van der Waals surface area contributed by atoms with E-state index in [1.165, 1.54) is 5.56 Å². The third kappa shape index (κ3) is 2.54. The maximum Gasteiger partial charge on any atom is 0.118 e. The number of nitrogens with one attached hydrogen (secondary N) is 1. The number of ether oxygens (including phenoxy) is 1. The number of nitrogens with zero attached hydrogens (tertiary/aromatic N) is 2. The number of methoxy groups -OCH3 is 1. The van der Waals surface area contributed by atoms with Gasteiger partial charge in [-0.25, -0.2) is 0 Å². The summed E-state index contributed by atoms with van der Waals surface area (Å²) >= 11 is 0. The molecule has 1 N–H and O–H groups in total. The number of hydrogen-bond acceptors (Lipinski definition) is 3. The molecule has 4 nitrogen and oxygen atoms in total. The molecule has 0 saturated carbocycles. The van der Waals surface area contributed by atoms with Crippen LogP contribution >= 0.6 is 0 Å². The van der Waals surface area contributed by atoms with E-state index in [2.05, 4.69) is 29.5 Å². The molecule has 0 radical (unpaired) electrons. The molecule has 1 aromatic carbocycles. The zero-order chi connectivity index (χ0) is 13.0. The number of likely N-dealkylation sites (N-methyl/N-ethyl adjacent to an activating group) is 1. The van der Waals surface area contributed by atoms with Gasteiger partial charge in [0, 0.05) is 12.4 Å². The Hall–Kier alpha value is -1.81. The summed E-state index contributed by atoms with van der Waals surface area (Å²) in [5.41, 5.74) is 1.22. The SMILES string of the molecule is CNC(c1ccc(OC)cc1)C(C)n1cccn1. The lowest BCUT2D eigenvalue weighted by atomic mass is 10.0. The molecule has 96 valence electrons. The van der Waals surface area contributed by atoms with Crippen molar-refractivity contribution in [1.29, 1.82) is 0 Å². The molecular formula is C14H19N3O. The lowest BCUT2D eigenvalue weighted by molar-refractivity contribution is 0.371. The summed E-state index contributed by atoms with van der Waals surface area (Å²) < 4.78 is 7.14. The molecule has 4 heteroatoms.